The Labute approximate surface area is 458 Å². The van der Waals surface area contributed by atoms with Gasteiger partial charge in [-0.1, -0.05) is 125 Å². The molecule has 16 nitrogen and oxygen atoms in total. The Bertz CT molecular complexity index is 2980. The standard InChI is InChI=1S/C62H72N12O4/c1-7-27-75-53-43-23-17-24-44(53)32-48-36-52(68-62-72-58(64)70-60(74-62)66-40(6)42-21-15-12-16-22-42)38-50(56(48)78-30-10-4)34-46-26-18-25-45(54(46)76-28-8-2)33-49-37-51(35-47(31-43)55(49)77-29-9-3)67-61-71-57(63)69-59(73-61)65-39(5)41-19-13-11-14-20-41/h11-26,35-40H,7-10,27-34H2,1-6H3,(H4,63,65,67,69,71,73)(H4,64,66,68,70,72,74)/t39-,40-/m1/s1. The lowest BCUT2D eigenvalue weighted by Gasteiger charge is -2.24. The molecule has 404 valence electrons. The molecule has 8 N–H and O–H groups in total. The van der Waals surface area contributed by atoms with Crippen LogP contribution in [0.25, 0.3) is 0 Å². The minimum absolute atomic E-state index is 0.0843. The first-order valence-electron chi connectivity index (χ1n) is 27.3. The molecule has 8 aromatic rings. The maximum atomic E-state index is 6.85. The van der Waals surface area contributed by atoms with Gasteiger partial charge in [0.2, 0.25) is 35.7 Å². The monoisotopic (exact) mass is 1050 g/mol. The summed E-state index contributed by atoms with van der Waals surface area (Å²) >= 11 is 0. The number of nitrogens with two attached hydrogens (primary N) is 2. The minimum atomic E-state index is -0.0843. The van der Waals surface area contributed by atoms with E-state index in [1.165, 1.54) is 0 Å². The number of anilines is 8. The quantitative estimate of drug-likeness (QED) is 0.0372. The molecule has 1 aliphatic rings. The maximum Gasteiger partial charge on any atom is 0.233 e. The normalized spacial score (nSPS) is 12.7. The second kappa shape index (κ2) is 25.9. The van der Waals surface area contributed by atoms with Crippen molar-refractivity contribution >= 4 is 47.1 Å². The summed E-state index contributed by atoms with van der Waals surface area (Å²) in [6.07, 6.45) is 5.24. The highest BCUT2D eigenvalue weighted by Crippen LogP contribution is 2.42. The lowest BCUT2D eigenvalue weighted by molar-refractivity contribution is 0.304. The molecule has 9 rings (SSSR count). The van der Waals surface area contributed by atoms with Crippen LogP contribution < -0.4 is 51.7 Å². The highest BCUT2D eigenvalue weighted by Gasteiger charge is 2.24. The van der Waals surface area contributed by atoms with Crippen LogP contribution in [0.3, 0.4) is 0 Å². The largest absolute Gasteiger partial charge is 0.493 e. The van der Waals surface area contributed by atoms with Crippen molar-refractivity contribution in [3.8, 4) is 23.0 Å². The van der Waals surface area contributed by atoms with Crippen molar-refractivity contribution in [2.24, 2.45) is 0 Å². The van der Waals surface area contributed by atoms with Crippen molar-refractivity contribution in [2.75, 3.05) is 59.2 Å². The van der Waals surface area contributed by atoms with Crippen LogP contribution in [-0.2, 0) is 25.7 Å². The summed E-state index contributed by atoms with van der Waals surface area (Å²) in [4.78, 5) is 27.7. The zero-order valence-electron chi connectivity index (χ0n) is 45.7. The predicted molar refractivity (Wildman–Crippen MR) is 312 cm³/mol. The summed E-state index contributed by atoms with van der Waals surface area (Å²) in [5, 5.41) is 13.9. The molecule has 0 saturated carbocycles. The molecule has 0 radical (unpaired) electrons. The zero-order chi connectivity index (χ0) is 54.4. The molecular weight excluding hydrogens is 977 g/mol. The molecule has 2 heterocycles. The number of rotatable bonds is 22. The van der Waals surface area contributed by atoms with Gasteiger partial charge in [-0.15, -0.1) is 0 Å². The van der Waals surface area contributed by atoms with Gasteiger partial charge in [0.25, 0.3) is 0 Å². The van der Waals surface area contributed by atoms with Crippen molar-refractivity contribution in [3.05, 3.63) is 177 Å². The number of hydrogen-bond acceptors (Lipinski definition) is 16. The number of aromatic nitrogens is 6. The van der Waals surface area contributed by atoms with Crippen LogP contribution in [0, 0.1) is 0 Å². The summed E-state index contributed by atoms with van der Waals surface area (Å²) in [6.45, 7) is 14.7. The lowest BCUT2D eigenvalue weighted by Crippen LogP contribution is -2.13. The van der Waals surface area contributed by atoms with E-state index >= 15 is 0 Å². The summed E-state index contributed by atoms with van der Waals surface area (Å²) in [7, 11) is 0. The van der Waals surface area contributed by atoms with Gasteiger partial charge in [0.05, 0.1) is 38.5 Å². The van der Waals surface area contributed by atoms with Gasteiger partial charge in [0.15, 0.2) is 0 Å². The molecule has 0 aliphatic heterocycles. The molecule has 0 amide bonds. The molecule has 2 atom stereocenters. The van der Waals surface area contributed by atoms with Gasteiger partial charge in [-0.25, -0.2) is 0 Å². The number of benzene rings is 6. The van der Waals surface area contributed by atoms with Gasteiger partial charge in [-0.2, -0.15) is 29.9 Å². The smallest absolute Gasteiger partial charge is 0.233 e. The van der Waals surface area contributed by atoms with Crippen molar-refractivity contribution in [1.82, 2.24) is 29.9 Å². The Hall–Kier alpha value is -8.66. The molecule has 6 aromatic carbocycles. The van der Waals surface area contributed by atoms with E-state index in [1.807, 2.05) is 36.4 Å². The highest BCUT2D eigenvalue weighted by atomic mass is 16.5. The molecular formula is C62H72N12O4. The minimum Gasteiger partial charge on any atom is -0.493 e. The summed E-state index contributed by atoms with van der Waals surface area (Å²) in [5.74, 6) is 4.76. The van der Waals surface area contributed by atoms with Crippen LogP contribution in [0.2, 0.25) is 0 Å². The van der Waals surface area contributed by atoms with Gasteiger partial charge in [0.1, 0.15) is 23.0 Å². The van der Waals surface area contributed by atoms with E-state index in [-0.39, 0.29) is 24.0 Å². The number of ether oxygens (including phenoxy) is 4. The van der Waals surface area contributed by atoms with Crippen LogP contribution in [0.1, 0.15) is 135 Å². The van der Waals surface area contributed by atoms with Gasteiger partial charge in [-0.05, 0) is 97.2 Å². The molecule has 16 heteroatoms. The van der Waals surface area contributed by atoms with Crippen molar-refractivity contribution in [2.45, 2.75) is 105 Å². The first kappa shape index (κ1) is 54.1. The third-order valence-electron chi connectivity index (χ3n) is 13.3. The Balaban J connectivity index is 1.18. The maximum absolute atomic E-state index is 6.85. The fourth-order valence-electron chi connectivity index (χ4n) is 9.71. The third-order valence-corrected chi connectivity index (χ3v) is 13.3. The average molecular weight is 1050 g/mol. The van der Waals surface area contributed by atoms with E-state index in [1.54, 1.807) is 0 Å². The first-order chi connectivity index (χ1) is 38.1. The van der Waals surface area contributed by atoms with E-state index in [0.29, 0.717) is 75.9 Å². The Morgan fingerprint density at radius 1 is 0.385 bits per heavy atom. The molecule has 8 bridgehead atoms. The van der Waals surface area contributed by atoms with Crippen molar-refractivity contribution in [3.63, 3.8) is 0 Å². The van der Waals surface area contributed by atoms with Crippen molar-refractivity contribution in [1.29, 1.82) is 0 Å². The van der Waals surface area contributed by atoms with Gasteiger partial charge in [0, 0.05) is 59.3 Å². The van der Waals surface area contributed by atoms with E-state index in [0.717, 1.165) is 116 Å². The molecule has 2 aromatic heterocycles. The van der Waals surface area contributed by atoms with E-state index < -0.39 is 0 Å². The van der Waals surface area contributed by atoms with Crippen LogP contribution in [-0.4, -0.2) is 56.3 Å². The number of nitrogens with one attached hydrogen (secondary N) is 4. The third kappa shape index (κ3) is 13.7. The Morgan fingerprint density at radius 2 is 0.679 bits per heavy atom. The SMILES string of the molecule is CCCOc1c2cccc1Cc1cc(Nc3nc(N)nc(N[C@H](C)c4ccccc4)n3)cc(c1OCCC)Cc1cccc(c1OCCC)Cc1cc(Nc3nc(N)nc(N[C@H](C)c4ccccc4)n3)cc(c1OCCC)C2. The van der Waals surface area contributed by atoms with E-state index in [9.17, 15) is 0 Å². The van der Waals surface area contributed by atoms with Gasteiger partial charge < -0.3 is 51.7 Å². The molecule has 78 heavy (non-hydrogen) atoms. The number of nitrogen functional groups attached to an aromatic ring is 2. The van der Waals surface area contributed by atoms with Crippen LogP contribution in [0.15, 0.2) is 121 Å². The summed E-state index contributed by atoms with van der Waals surface area (Å²) in [5.41, 5.74) is 24.3. The molecule has 0 unspecified atom stereocenters. The van der Waals surface area contributed by atoms with Gasteiger partial charge >= 0.3 is 0 Å². The zero-order valence-corrected chi connectivity index (χ0v) is 45.7. The molecule has 0 saturated heterocycles. The number of para-hydroxylation sites is 2. The Morgan fingerprint density at radius 3 is 0.987 bits per heavy atom. The highest BCUT2D eigenvalue weighted by molar-refractivity contribution is 5.67. The molecule has 0 fully saturated rings. The predicted octanol–water partition coefficient (Wildman–Crippen LogP) is 12.9. The number of nitrogens with zero attached hydrogens (tertiary/aromatic N) is 6. The summed E-state index contributed by atoms with van der Waals surface area (Å²) in [6, 6.07) is 41.4. The summed E-state index contributed by atoms with van der Waals surface area (Å²) < 4.78 is 27.4. The number of hydrogen-bond donors (Lipinski definition) is 6. The second-order valence-electron chi connectivity index (χ2n) is 19.6. The van der Waals surface area contributed by atoms with E-state index in [4.69, 9.17) is 40.4 Å². The Kier molecular flexibility index (Phi) is 18.0. The van der Waals surface area contributed by atoms with E-state index in [2.05, 4.69) is 168 Å². The van der Waals surface area contributed by atoms with Gasteiger partial charge in [-0.3, -0.25) is 0 Å². The number of fused-ring (bicyclic) bond motifs is 8. The fraction of sp³-hybridized carbons (Fsp3) is 0.323. The average Bonchev–Trinajstić information content (AvgIpc) is 3.42. The van der Waals surface area contributed by atoms with Crippen LogP contribution >= 0.6 is 0 Å². The molecule has 0 spiro atoms. The topological polar surface area (TPSA) is 214 Å². The second-order valence-corrected chi connectivity index (χ2v) is 19.6. The fourth-order valence-corrected chi connectivity index (χ4v) is 9.71. The first-order valence-corrected chi connectivity index (χ1v) is 27.3. The van der Waals surface area contributed by atoms with Crippen LogP contribution in [0.5, 0.6) is 23.0 Å². The van der Waals surface area contributed by atoms with Crippen molar-refractivity contribution < 1.29 is 18.9 Å². The lowest BCUT2D eigenvalue weighted by atomic mass is 9.90. The molecule has 1 aliphatic carbocycles. The van der Waals surface area contributed by atoms with Crippen LogP contribution in [0.4, 0.5) is 47.1 Å².